The van der Waals surface area contributed by atoms with E-state index in [1.165, 1.54) is 24.8 Å². The van der Waals surface area contributed by atoms with Gasteiger partial charge in [-0.3, -0.25) is 9.88 Å². The summed E-state index contributed by atoms with van der Waals surface area (Å²) in [5.41, 5.74) is 1.19. The molecule has 1 saturated heterocycles. The van der Waals surface area contributed by atoms with Gasteiger partial charge < -0.3 is 5.32 Å². The number of nitrogens with zero attached hydrogens (tertiary/aromatic N) is 2. The van der Waals surface area contributed by atoms with Crippen molar-refractivity contribution in [2.75, 3.05) is 19.6 Å². The van der Waals surface area contributed by atoms with E-state index in [0.29, 0.717) is 6.04 Å². The van der Waals surface area contributed by atoms with Gasteiger partial charge in [-0.1, -0.05) is 18.5 Å². The number of pyridine rings is 1. The SMILES string of the molecule is CCCN(Cc1ccncc1Cl)C1CCNCC1. The van der Waals surface area contributed by atoms with Crippen molar-refractivity contribution in [3.8, 4) is 0 Å². The molecule has 0 unspecified atom stereocenters. The van der Waals surface area contributed by atoms with Crippen LogP contribution in [0.25, 0.3) is 0 Å². The first-order valence-corrected chi connectivity index (χ1v) is 7.22. The van der Waals surface area contributed by atoms with Crippen LogP contribution >= 0.6 is 11.6 Å². The molecule has 0 aliphatic carbocycles. The Hall–Kier alpha value is -0.640. The molecule has 1 aliphatic heterocycles. The summed E-state index contributed by atoms with van der Waals surface area (Å²) in [6.07, 6.45) is 7.23. The largest absolute Gasteiger partial charge is 0.317 e. The lowest BCUT2D eigenvalue weighted by molar-refractivity contribution is 0.154. The highest BCUT2D eigenvalue weighted by atomic mass is 35.5. The van der Waals surface area contributed by atoms with Gasteiger partial charge in [0.15, 0.2) is 0 Å². The zero-order chi connectivity index (χ0) is 12.8. The number of halogens is 1. The van der Waals surface area contributed by atoms with Crippen molar-refractivity contribution in [2.45, 2.75) is 38.8 Å². The van der Waals surface area contributed by atoms with Gasteiger partial charge in [-0.25, -0.2) is 0 Å². The lowest BCUT2D eigenvalue weighted by atomic mass is 10.0. The third-order valence-electron chi connectivity index (χ3n) is 3.57. The molecule has 4 heteroatoms. The van der Waals surface area contributed by atoms with Crippen molar-refractivity contribution in [1.29, 1.82) is 0 Å². The predicted molar refractivity (Wildman–Crippen MR) is 75.8 cm³/mol. The summed E-state index contributed by atoms with van der Waals surface area (Å²) in [4.78, 5) is 6.62. The second kappa shape index (κ2) is 7.07. The zero-order valence-electron chi connectivity index (χ0n) is 11.0. The van der Waals surface area contributed by atoms with E-state index in [4.69, 9.17) is 11.6 Å². The Kier molecular flexibility index (Phi) is 5.42. The summed E-state index contributed by atoms with van der Waals surface area (Å²) in [6.45, 7) is 6.59. The van der Waals surface area contributed by atoms with Crippen molar-refractivity contribution in [2.24, 2.45) is 0 Å². The minimum atomic E-state index is 0.690. The van der Waals surface area contributed by atoms with Crippen molar-refractivity contribution in [1.82, 2.24) is 15.2 Å². The molecule has 0 amide bonds. The van der Waals surface area contributed by atoms with Crippen LogP contribution in [0.2, 0.25) is 5.02 Å². The zero-order valence-corrected chi connectivity index (χ0v) is 11.8. The van der Waals surface area contributed by atoms with Gasteiger partial charge in [-0.2, -0.15) is 0 Å². The minimum Gasteiger partial charge on any atom is -0.317 e. The Labute approximate surface area is 115 Å². The molecule has 1 fully saturated rings. The van der Waals surface area contributed by atoms with Crippen LogP contribution in [0.4, 0.5) is 0 Å². The first-order chi connectivity index (χ1) is 8.81. The molecule has 3 nitrogen and oxygen atoms in total. The molecular weight excluding hydrogens is 246 g/mol. The van der Waals surface area contributed by atoms with E-state index in [9.17, 15) is 0 Å². The minimum absolute atomic E-state index is 0.690. The Morgan fingerprint density at radius 3 is 2.89 bits per heavy atom. The average molecular weight is 268 g/mol. The van der Waals surface area contributed by atoms with E-state index in [0.717, 1.165) is 31.2 Å². The number of hydrogen-bond acceptors (Lipinski definition) is 3. The Bertz CT molecular complexity index is 364. The lowest BCUT2D eigenvalue weighted by Crippen LogP contribution is -2.43. The topological polar surface area (TPSA) is 28.2 Å². The van der Waals surface area contributed by atoms with Crippen molar-refractivity contribution >= 4 is 11.6 Å². The summed E-state index contributed by atoms with van der Waals surface area (Å²) in [5, 5.41) is 4.21. The van der Waals surface area contributed by atoms with Gasteiger partial charge in [-0.15, -0.1) is 0 Å². The van der Waals surface area contributed by atoms with Gasteiger partial charge in [0.25, 0.3) is 0 Å². The van der Waals surface area contributed by atoms with Crippen LogP contribution in [0.15, 0.2) is 18.5 Å². The maximum atomic E-state index is 6.21. The van der Waals surface area contributed by atoms with E-state index in [1.807, 2.05) is 12.3 Å². The fourth-order valence-corrected chi connectivity index (χ4v) is 2.78. The maximum absolute atomic E-state index is 6.21. The third-order valence-corrected chi connectivity index (χ3v) is 3.91. The highest BCUT2D eigenvalue weighted by molar-refractivity contribution is 6.31. The van der Waals surface area contributed by atoms with Crippen LogP contribution in [-0.2, 0) is 6.54 Å². The lowest BCUT2D eigenvalue weighted by Gasteiger charge is -2.34. The molecule has 2 rings (SSSR count). The molecule has 0 atom stereocenters. The van der Waals surface area contributed by atoms with Crippen LogP contribution in [0, 0.1) is 0 Å². The van der Waals surface area contributed by atoms with Crippen LogP contribution in [0.5, 0.6) is 0 Å². The van der Waals surface area contributed by atoms with E-state index in [-0.39, 0.29) is 0 Å². The third kappa shape index (κ3) is 3.67. The van der Waals surface area contributed by atoms with E-state index < -0.39 is 0 Å². The van der Waals surface area contributed by atoms with Crippen molar-refractivity contribution in [3.05, 3.63) is 29.0 Å². The summed E-state index contributed by atoms with van der Waals surface area (Å²) in [5.74, 6) is 0. The highest BCUT2D eigenvalue weighted by Crippen LogP contribution is 2.20. The molecule has 0 aromatic carbocycles. The molecule has 1 aromatic heterocycles. The van der Waals surface area contributed by atoms with Crippen LogP contribution in [0.1, 0.15) is 31.7 Å². The Morgan fingerprint density at radius 2 is 2.22 bits per heavy atom. The van der Waals surface area contributed by atoms with Gasteiger partial charge >= 0.3 is 0 Å². The smallest absolute Gasteiger partial charge is 0.0634 e. The van der Waals surface area contributed by atoms with Crippen molar-refractivity contribution in [3.63, 3.8) is 0 Å². The highest BCUT2D eigenvalue weighted by Gasteiger charge is 2.20. The molecule has 0 bridgehead atoms. The molecule has 0 saturated carbocycles. The van der Waals surface area contributed by atoms with Gasteiger partial charge in [-0.05, 0) is 50.5 Å². The normalized spacial score (nSPS) is 17.3. The molecule has 0 radical (unpaired) electrons. The van der Waals surface area contributed by atoms with E-state index in [2.05, 4.69) is 22.1 Å². The van der Waals surface area contributed by atoms with Crippen LogP contribution in [-0.4, -0.2) is 35.6 Å². The van der Waals surface area contributed by atoms with E-state index >= 15 is 0 Å². The summed E-state index contributed by atoms with van der Waals surface area (Å²) < 4.78 is 0. The summed E-state index contributed by atoms with van der Waals surface area (Å²) in [7, 11) is 0. The van der Waals surface area contributed by atoms with E-state index in [1.54, 1.807) is 6.20 Å². The van der Waals surface area contributed by atoms with Crippen LogP contribution < -0.4 is 5.32 Å². The van der Waals surface area contributed by atoms with Gasteiger partial charge in [0, 0.05) is 25.0 Å². The number of hydrogen-bond donors (Lipinski definition) is 1. The van der Waals surface area contributed by atoms with Crippen LogP contribution in [0.3, 0.4) is 0 Å². The molecule has 18 heavy (non-hydrogen) atoms. The average Bonchev–Trinajstić information content (AvgIpc) is 2.42. The molecule has 2 heterocycles. The molecule has 1 aliphatic rings. The summed E-state index contributed by atoms with van der Waals surface area (Å²) >= 11 is 6.21. The molecule has 1 N–H and O–H groups in total. The van der Waals surface area contributed by atoms with Gasteiger partial charge in [0.2, 0.25) is 0 Å². The maximum Gasteiger partial charge on any atom is 0.0634 e. The number of nitrogens with one attached hydrogen (secondary N) is 1. The monoisotopic (exact) mass is 267 g/mol. The van der Waals surface area contributed by atoms with Gasteiger partial charge in [0.05, 0.1) is 5.02 Å². The number of aromatic nitrogens is 1. The molecule has 0 spiro atoms. The Balaban J connectivity index is 2.03. The quantitative estimate of drug-likeness (QED) is 0.889. The fourth-order valence-electron chi connectivity index (χ4n) is 2.60. The fraction of sp³-hybridized carbons (Fsp3) is 0.643. The molecule has 100 valence electrons. The molecule has 1 aromatic rings. The second-order valence-electron chi connectivity index (χ2n) is 4.92. The van der Waals surface area contributed by atoms with Gasteiger partial charge in [0.1, 0.15) is 0 Å². The Morgan fingerprint density at radius 1 is 1.44 bits per heavy atom. The van der Waals surface area contributed by atoms with Crippen molar-refractivity contribution < 1.29 is 0 Å². The summed E-state index contributed by atoms with van der Waals surface area (Å²) in [6, 6.07) is 2.72. The molecular formula is C14H22ClN3. The first-order valence-electron chi connectivity index (χ1n) is 6.84. The first kappa shape index (κ1) is 13.8. The second-order valence-corrected chi connectivity index (χ2v) is 5.33. The standard InChI is InChI=1S/C14H22ClN3/c1-2-9-18(13-4-7-16-8-5-13)11-12-3-6-17-10-14(12)15/h3,6,10,13,16H,2,4-5,7-9,11H2,1H3. The number of rotatable bonds is 5. The number of piperidine rings is 1. The predicted octanol–water partition coefficient (Wildman–Crippen LogP) is 2.70.